The van der Waals surface area contributed by atoms with Crippen molar-refractivity contribution in [1.82, 2.24) is 0 Å². The Morgan fingerprint density at radius 1 is 0.842 bits per heavy atom. The number of hydrogen-bond donors (Lipinski definition) is 4. The van der Waals surface area contributed by atoms with Crippen LogP contribution in [0.25, 0.3) is 0 Å². The highest BCUT2D eigenvalue weighted by molar-refractivity contribution is 6.06. The number of rotatable bonds is 3. The summed E-state index contributed by atoms with van der Waals surface area (Å²) in [5.74, 6) is -1.37. The van der Waals surface area contributed by atoms with Crippen LogP contribution in [0.5, 0.6) is 5.75 Å². The fourth-order valence-corrected chi connectivity index (χ4v) is 1.49. The van der Waals surface area contributed by atoms with Crippen LogP contribution in [0, 0.1) is 0 Å². The molecule has 7 nitrogen and oxygen atoms in total. The minimum absolute atomic E-state index is 0.0361. The molecule has 1 rings (SSSR count). The molecule has 0 heterocycles. The lowest BCUT2D eigenvalue weighted by molar-refractivity contribution is -0.115. The Morgan fingerprint density at radius 2 is 1.32 bits per heavy atom. The van der Waals surface area contributed by atoms with E-state index >= 15 is 0 Å². The largest absolute Gasteiger partial charge is 0.506 e. The van der Waals surface area contributed by atoms with Crippen LogP contribution in [0.4, 0.5) is 17.1 Å². The summed E-state index contributed by atoms with van der Waals surface area (Å²) in [4.78, 5) is 33.4. The summed E-state index contributed by atoms with van der Waals surface area (Å²) >= 11 is 0. The highest BCUT2D eigenvalue weighted by Gasteiger charge is 2.16. The molecule has 0 radical (unpaired) electrons. The second kappa shape index (κ2) is 5.85. The fourth-order valence-electron chi connectivity index (χ4n) is 1.49. The van der Waals surface area contributed by atoms with Gasteiger partial charge in [0.1, 0.15) is 11.4 Å². The average Bonchev–Trinajstić information content (AvgIpc) is 2.25. The van der Waals surface area contributed by atoms with Crippen molar-refractivity contribution in [1.29, 1.82) is 0 Å². The lowest BCUT2D eigenvalue weighted by atomic mass is 10.2. The van der Waals surface area contributed by atoms with E-state index in [9.17, 15) is 19.5 Å². The minimum atomic E-state index is -0.415. The average molecular weight is 265 g/mol. The second-order valence-corrected chi connectivity index (χ2v) is 3.93. The monoisotopic (exact) mass is 265 g/mol. The molecule has 0 aromatic heterocycles. The van der Waals surface area contributed by atoms with Crippen LogP contribution < -0.4 is 16.0 Å². The number of amides is 3. The van der Waals surface area contributed by atoms with Crippen LogP contribution >= 0.6 is 0 Å². The molecule has 0 aliphatic carbocycles. The van der Waals surface area contributed by atoms with Crippen LogP contribution in [-0.4, -0.2) is 22.8 Å². The van der Waals surface area contributed by atoms with Gasteiger partial charge in [-0.3, -0.25) is 14.4 Å². The fraction of sp³-hybridized carbons (Fsp3) is 0.250. The van der Waals surface area contributed by atoms with E-state index in [1.165, 1.54) is 32.9 Å². The summed E-state index contributed by atoms with van der Waals surface area (Å²) in [6.07, 6.45) is 0. The number of nitrogens with one attached hydrogen (secondary N) is 3. The predicted molar refractivity (Wildman–Crippen MR) is 71.0 cm³/mol. The van der Waals surface area contributed by atoms with Gasteiger partial charge in [0.05, 0.1) is 11.4 Å². The molecule has 0 unspecified atom stereocenters. The van der Waals surface area contributed by atoms with Crippen molar-refractivity contribution in [3.05, 3.63) is 12.1 Å². The van der Waals surface area contributed by atoms with Crippen molar-refractivity contribution in [2.45, 2.75) is 20.8 Å². The lowest BCUT2D eigenvalue weighted by Crippen LogP contribution is -2.16. The molecule has 0 aliphatic rings. The molecule has 3 amide bonds. The highest BCUT2D eigenvalue weighted by atomic mass is 16.3. The summed E-state index contributed by atoms with van der Waals surface area (Å²) in [5.41, 5.74) is 0.455. The van der Waals surface area contributed by atoms with Gasteiger partial charge in [-0.2, -0.15) is 0 Å². The van der Waals surface area contributed by atoms with Crippen molar-refractivity contribution in [2.24, 2.45) is 0 Å². The van der Waals surface area contributed by atoms with E-state index in [-0.39, 0.29) is 28.7 Å². The number of carbonyl (C=O) groups excluding carboxylic acids is 3. The molecular weight excluding hydrogens is 250 g/mol. The molecule has 1 aromatic rings. The maximum atomic E-state index is 11.2. The number of aromatic hydroxyl groups is 1. The number of hydrogen-bond acceptors (Lipinski definition) is 4. The Hall–Kier alpha value is -2.57. The lowest BCUT2D eigenvalue weighted by Gasteiger charge is -2.16. The van der Waals surface area contributed by atoms with E-state index < -0.39 is 11.8 Å². The molecule has 4 N–H and O–H groups in total. The Kier molecular flexibility index (Phi) is 4.46. The van der Waals surface area contributed by atoms with Gasteiger partial charge in [-0.05, 0) is 12.1 Å². The Labute approximate surface area is 110 Å². The standard InChI is InChI=1S/C12H15N3O4/c1-6(16)13-9-4-5-10(19)12(15-8(3)18)11(9)14-7(2)17/h4-5,19H,1-3H3,(H,13,16)(H,14,17)(H,15,18). The summed E-state index contributed by atoms with van der Waals surface area (Å²) in [6.45, 7) is 3.85. The second-order valence-electron chi connectivity index (χ2n) is 3.93. The van der Waals surface area contributed by atoms with E-state index in [0.717, 1.165) is 0 Å². The zero-order valence-corrected chi connectivity index (χ0v) is 10.8. The SMILES string of the molecule is CC(=O)Nc1ccc(O)c(NC(C)=O)c1NC(C)=O. The van der Waals surface area contributed by atoms with Gasteiger partial charge >= 0.3 is 0 Å². The van der Waals surface area contributed by atoms with Crippen molar-refractivity contribution < 1.29 is 19.5 Å². The molecule has 0 bridgehead atoms. The number of phenolic OH excluding ortho intramolecular Hbond substituents is 1. The Morgan fingerprint density at radius 3 is 1.79 bits per heavy atom. The maximum Gasteiger partial charge on any atom is 0.221 e. The minimum Gasteiger partial charge on any atom is -0.506 e. The van der Waals surface area contributed by atoms with Crippen LogP contribution in [0.15, 0.2) is 12.1 Å². The molecule has 0 atom stereocenters. The normalized spacial score (nSPS) is 9.63. The summed E-state index contributed by atoms with van der Waals surface area (Å²) in [7, 11) is 0. The van der Waals surface area contributed by atoms with E-state index in [4.69, 9.17) is 0 Å². The molecule has 0 fully saturated rings. The molecule has 0 aliphatic heterocycles. The van der Waals surface area contributed by atoms with Crippen molar-refractivity contribution >= 4 is 34.8 Å². The van der Waals surface area contributed by atoms with Crippen LogP contribution in [0.2, 0.25) is 0 Å². The van der Waals surface area contributed by atoms with Crippen molar-refractivity contribution in [3.63, 3.8) is 0 Å². The van der Waals surface area contributed by atoms with E-state index in [0.29, 0.717) is 0 Å². The quantitative estimate of drug-likeness (QED) is 0.487. The zero-order chi connectivity index (χ0) is 14.6. The highest BCUT2D eigenvalue weighted by Crippen LogP contribution is 2.38. The third kappa shape index (κ3) is 3.98. The van der Waals surface area contributed by atoms with Crippen LogP contribution in [0.1, 0.15) is 20.8 Å². The van der Waals surface area contributed by atoms with Crippen molar-refractivity contribution in [3.8, 4) is 5.75 Å². The first-order chi connectivity index (χ1) is 8.81. The van der Waals surface area contributed by atoms with Gasteiger partial charge in [0.25, 0.3) is 0 Å². The summed E-state index contributed by atoms with van der Waals surface area (Å²) in [6, 6.07) is 2.73. The van der Waals surface area contributed by atoms with Gasteiger partial charge in [0.15, 0.2) is 0 Å². The van der Waals surface area contributed by atoms with Gasteiger partial charge in [-0.25, -0.2) is 0 Å². The molecular formula is C12H15N3O4. The first kappa shape index (κ1) is 14.5. The smallest absolute Gasteiger partial charge is 0.221 e. The van der Waals surface area contributed by atoms with Crippen molar-refractivity contribution in [2.75, 3.05) is 16.0 Å². The first-order valence-electron chi connectivity index (χ1n) is 5.50. The Bertz CT molecular complexity index is 540. The van der Waals surface area contributed by atoms with E-state index in [1.807, 2.05) is 0 Å². The van der Waals surface area contributed by atoms with Gasteiger partial charge < -0.3 is 21.1 Å². The maximum absolute atomic E-state index is 11.2. The van der Waals surface area contributed by atoms with Gasteiger partial charge in [0, 0.05) is 20.8 Å². The van der Waals surface area contributed by atoms with E-state index in [1.54, 1.807) is 0 Å². The number of phenols is 1. The van der Waals surface area contributed by atoms with Gasteiger partial charge in [-0.1, -0.05) is 0 Å². The molecule has 0 saturated heterocycles. The number of anilines is 3. The predicted octanol–water partition coefficient (Wildman–Crippen LogP) is 1.27. The molecule has 7 heteroatoms. The van der Waals surface area contributed by atoms with Crippen LogP contribution in [0.3, 0.4) is 0 Å². The van der Waals surface area contributed by atoms with E-state index in [2.05, 4.69) is 16.0 Å². The molecule has 0 spiro atoms. The third-order valence-electron chi connectivity index (χ3n) is 2.10. The topological polar surface area (TPSA) is 108 Å². The molecule has 1 aromatic carbocycles. The van der Waals surface area contributed by atoms with Crippen LogP contribution in [-0.2, 0) is 14.4 Å². The number of benzene rings is 1. The van der Waals surface area contributed by atoms with Gasteiger partial charge in [0.2, 0.25) is 17.7 Å². The number of carbonyl (C=O) groups is 3. The van der Waals surface area contributed by atoms with Gasteiger partial charge in [-0.15, -0.1) is 0 Å². The Balaban J connectivity index is 3.35. The summed E-state index contributed by atoms with van der Waals surface area (Å²) < 4.78 is 0. The summed E-state index contributed by atoms with van der Waals surface area (Å²) in [5, 5.41) is 17.1. The first-order valence-corrected chi connectivity index (χ1v) is 5.50. The molecule has 0 saturated carbocycles. The third-order valence-corrected chi connectivity index (χ3v) is 2.10. The molecule has 102 valence electrons. The molecule has 19 heavy (non-hydrogen) atoms. The zero-order valence-electron chi connectivity index (χ0n) is 10.8.